The Morgan fingerprint density at radius 1 is 1.14 bits per heavy atom. The average Bonchev–Trinajstić information content (AvgIpc) is 2.73. The van der Waals surface area contributed by atoms with Crippen LogP contribution in [0.15, 0.2) is 24.3 Å². The van der Waals surface area contributed by atoms with E-state index < -0.39 is 0 Å². The quantitative estimate of drug-likeness (QED) is 0.823. The van der Waals surface area contributed by atoms with Crippen molar-refractivity contribution < 1.29 is 0 Å². The predicted octanol–water partition coefficient (Wildman–Crippen LogP) is 4.59. The van der Waals surface area contributed by atoms with Crippen molar-refractivity contribution in [2.75, 3.05) is 18.0 Å². The van der Waals surface area contributed by atoms with Gasteiger partial charge >= 0.3 is 0 Å². The molecule has 1 N–H and O–H groups in total. The number of benzene rings is 1. The Labute approximate surface area is 130 Å². The van der Waals surface area contributed by atoms with E-state index in [1.54, 1.807) is 0 Å². The fourth-order valence-electron chi connectivity index (χ4n) is 3.25. The topological polar surface area (TPSA) is 15.3 Å². The second-order valence-corrected chi connectivity index (χ2v) is 6.80. The summed E-state index contributed by atoms with van der Waals surface area (Å²) in [6.45, 7) is 10.1. The van der Waals surface area contributed by atoms with Gasteiger partial charge in [0.25, 0.3) is 0 Å². The van der Waals surface area contributed by atoms with Gasteiger partial charge in [0.1, 0.15) is 0 Å². The van der Waals surface area contributed by atoms with Crippen LogP contribution in [-0.2, 0) is 6.54 Å². The molecule has 21 heavy (non-hydrogen) atoms. The minimum absolute atomic E-state index is 0.715. The average molecular weight is 288 g/mol. The summed E-state index contributed by atoms with van der Waals surface area (Å²) in [7, 11) is 0. The largest absolute Gasteiger partial charge is 0.369 e. The maximum absolute atomic E-state index is 3.52. The van der Waals surface area contributed by atoms with E-state index in [0.29, 0.717) is 5.92 Å². The van der Waals surface area contributed by atoms with E-state index in [0.717, 1.165) is 19.1 Å². The predicted molar refractivity (Wildman–Crippen MR) is 92.9 cm³/mol. The molecule has 0 saturated carbocycles. The van der Waals surface area contributed by atoms with Crippen molar-refractivity contribution in [1.82, 2.24) is 5.32 Å². The zero-order chi connectivity index (χ0) is 15.1. The van der Waals surface area contributed by atoms with Gasteiger partial charge in [0, 0.05) is 24.8 Å². The number of nitrogens with zero attached hydrogens (tertiary/aromatic N) is 1. The Balaban J connectivity index is 1.96. The zero-order valence-corrected chi connectivity index (χ0v) is 14.1. The third-order valence-corrected chi connectivity index (χ3v) is 4.50. The van der Waals surface area contributed by atoms with Crippen LogP contribution in [0.25, 0.3) is 0 Å². The summed E-state index contributed by atoms with van der Waals surface area (Å²) in [5.74, 6) is 0.715. The summed E-state index contributed by atoms with van der Waals surface area (Å²) in [6, 6.07) is 9.96. The molecular weight excluding hydrogens is 256 g/mol. The molecular formula is C19H32N2. The first-order chi connectivity index (χ1) is 10.2. The number of hydrogen-bond acceptors (Lipinski definition) is 2. The van der Waals surface area contributed by atoms with E-state index in [-0.39, 0.29) is 0 Å². The first-order valence-corrected chi connectivity index (χ1v) is 8.77. The standard InChI is InChI=1S/C19H32N2/c1-4-18-8-6-5-7-13-21(18)19-11-9-17(10-12-19)15-20-14-16(2)3/h9-12,16,18,20H,4-8,13-15H2,1-3H3. The highest BCUT2D eigenvalue weighted by atomic mass is 15.2. The minimum Gasteiger partial charge on any atom is -0.369 e. The molecule has 2 heteroatoms. The molecule has 2 nitrogen and oxygen atoms in total. The van der Waals surface area contributed by atoms with Gasteiger partial charge in [-0.3, -0.25) is 0 Å². The molecule has 1 aromatic carbocycles. The van der Waals surface area contributed by atoms with Crippen molar-refractivity contribution in [3.63, 3.8) is 0 Å². The molecule has 1 unspecified atom stereocenters. The van der Waals surface area contributed by atoms with Gasteiger partial charge in [0.15, 0.2) is 0 Å². The molecule has 1 aliphatic rings. The molecule has 0 spiro atoms. The molecule has 2 rings (SSSR count). The second kappa shape index (κ2) is 8.43. The normalized spacial score (nSPS) is 19.8. The fourth-order valence-corrected chi connectivity index (χ4v) is 3.25. The van der Waals surface area contributed by atoms with Crippen LogP contribution in [0.5, 0.6) is 0 Å². The van der Waals surface area contributed by atoms with Crippen molar-refractivity contribution in [3.8, 4) is 0 Å². The van der Waals surface area contributed by atoms with Crippen LogP contribution in [0.2, 0.25) is 0 Å². The molecule has 0 amide bonds. The van der Waals surface area contributed by atoms with Gasteiger partial charge in [-0.1, -0.05) is 45.7 Å². The molecule has 1 saturated heterocycles. The van der Waals surface area contributed by atoms with Crippen molar-refractivity contribution in [2.24, 2.45) is 5.92 Å². The number of anilines is 1. The molecule has 1 atom stereocenters. The number of hydrogen-bond donors (Lipinski definition) is 1. The number of nitrogens with one attached hydrogen (secondary N) is 1. The summed E-state index contributed by atoms with van der Waals surface area (Å²) in [4.78, 5) is 2.64. The van der Waals surface area contributed by atoms with Crippen LogP contribution in [0.4, 0.5) is 5.69 Å². The molecule has 0 radical (unpaired) electrons. The Kier molecular flexibility index (Phi) is 6.56. The Hall–Kier alpha value is -1.02. The lowest BCUT2D eigenvalue weighted by Gasteiger charge is -2.31. The first kappa shape index (κ1) is 16.4. The summed E-state index contributed by atoms with van der Waals surface area (Å²) in [5.41, 5.74) is 2.80. The van der Waals surface area contributed by atoms with Gasteiger partial charge in [0.2, 0.25) is 0 Å². The molecule has 1 aromatic rings. The van der Waals surface area contributed by atoms with Gasteiger partial charge in [-0.15, -0.1) is 0 Å². The highest BCUT2D eigenvalue weighted by molar-refractivity contribution is 5.48. The van der Waals surface area contributed by atoms with Gasteiger partial charge in [-0.25, -0.2) is 0 Å². The maximum atomic E-state index is 3.52. The molecule has 0 bridgehead atoms. The highest BCUT2D eigenvalue weighted by Crippen LogP contribution is 2.26. The van der Waals surface area contributed by atoms with Crippen LogP contribution in [0.1, 0.15) is 58.4 Å². The van der Waals surface area contributed by atoms with Crippen LogP contribution in [-0.4, -0.2) is 19.1 Å². The maximum Gasteiger partial charge on any atom is 0.0368 e. The van der Waals surface area contributed by atoms with Crippen LogP contribution in [0.3, 0.4) is 0 Å². The van der Waals surface area contributed by atoms with Crippen molar-refractivity contribution in [2.45, 2.75) is 65.5 Å². The van der Waals surface area contributed by atoms with E-state index in [1.807, 2.05) is 0 Å². The van der Waals surface area contributed by atoms with Gasteiger partial charge in [0.05, 0.1) is 0 Å². The zero-order valence-electron chi connectivity index (χ0n) is 14.1. The van der Waals surface area contributed by atoms with Gasteiger partial charge < -0.3 is 10.2 Å². The lowest BCUT2D eigenvalue weighted by atomic mass is 10.1. The lowest BCUT2D eigenvalue weighted by molar-refractivity contribution is 0.551. The molecule has 1 fully saturated rings. The SMILES string of the molecule is CCC1CCCCCN1c1ccc(CNCC(C)C)cc1. The molecule has 1 heterocycles. The summed E-state index contributed by atoms with van der Waals surface area (Å²) >= 11 is 0. The van der Waals surface area contributed by atoms with E-state index in [1.165, 1.54) is 49.9 Å². The van der Waals surface area contributed by atoms with Crippen molar-refractivity contribution >= 4 is 5.69 Å². The van der Waals surface area contributed by atoms with E-state index in [4.69, 9.17) is 0 Å². The van der Waals surface area contributed by atoms with Crippen molar-refractivity contribution in [3.05, 3.63) is 29.8 Å². The van der Waals surface area contributed by atoms with Crippen LogP contribution < -0.4 is 10.2 Å². The molecule has 0 aromatic heterocycles. The fraction of sp³-hybridized carbons (Fsp3) is 0.684. The Morgan fingerprint density at radius 3 is 2.57 bits per heavy atom. The smallest absolute Gasteiger partial charge is 0.0368 e. The summed E-state index contributed by atoms with van der Waals surface area (Å²) < 4.78 is 0. The van der Waals surface area contributed by atoms with Crippen LogP contribution in [0, 0.1) is 5.92 Å². The third-order valence-electron chi connectivity index (χ3n) is 4.50. The minimum atomic E-state index is 0.715. The highest BCUT2D eigenvalue weighted by Gasteiger charge is 2.19. The second-order valence-electron chi connectivity index (χ2n) is 6.80. The van der Waals surface area contributed by atoms with Gasteiger partial charge in [-0.2, -0.15) is 0 Å². The molecule has 0 aliphatic carbocycles. The monoisotopic (exact) mass is 288 g/mol. The molecule has 118 valence electrons. The van der Waals surface area contributed by atoms with E-state index >= 15 is 0 Å². The van der Waals surface area contributed by atoms with Crippen molar-refractivity contribution in [1.29, 1.82) is 0 Å². The summed E-state index contributed by atoms with van der Waals surface area (Å²) in [6.07, 6.45) is 6.75. The lowest BCUT2D eigenvalue weighted by Crippen LogP contribution is -2.34. The molecule has 1 aliphatic heterocycles. The van der Waals surface area contributed by atoms with E-state index in [2.05, 4.69) is 55.3 Å². The summed E-state index contributed by atoms with van der Waals surface area (Å²) in [5, 5.41) is 3.52. The van der Waals surface area contributed by atoms with E-state index in [9.17, 15) is 0 Å². The third kappa shape index (κ3) is 5.03. The number of rotatable bonds is 6. The van der Waals surface area contributed by atoms with Gasteiger partial charge in [-0.05, 0) is 49.4 Å². The Morgan fingerprint density at radius 2 is 1.90 bits per heavy atom. The Bertz CT molecular complexity index is 397. The van der Waals surface area contributed by atoms with Crippen LogP contribution >= 0.6 is 0 Å². The first-order valence-electron chi connectivity index (χ1n) is 8.77.